The molecule has 0 saturated carbocycles. The zero-order valence-corrected chi connectivity index (χ0v) is 14.1. The SMILES string of the molecule is Cc1nc(-c2ccncc2)sc1C(=O)Nc1nc2c(s1)CCC2. The predicted molar refractivity (Wildman–Crippen MR) is 92.2 cm³/mol. The van der Waals surface area contributed by atoms with Gasteiger partial charge in [-0.05, 0) is 38.3 Å². The van der Waals surface area contributed by atoms with E-state index in [4.69, 9.17) is 0 Å². The fourth-order valence-electron chi connectivity index (χ4n) is 2.62. The molecule has 3 aromatic heterocycles. The molecule has 1 N–H and O–H groups in total. The van der Waals surface area contributed by atoms with Crippen LogP contribution in [0.3, 0.4) is 0 Å². The maximum absolute atomic E-state index is 12.5. The average molecular weight is 342 g/mol. The Bertz CT molecular complexity index is 848. The summed E-state index contributed by atoms with van der Waals surface area (Å²) in [5.41, 5.74) is 2.85. The molecule has 3 aromatic rings. The molecule has 5 nitrogen and oxygen atoms in total. The number of aryl methyl sites for hydroxylation is 3. The van der Waals surface area contributed by atoms with Gasteiger partial charge in [0.1, 0.15) is 9.88 Å². The first-order valence-corrected chi connectivity index (χ1v) is 9.02. The van der Waals surface area contributed by atoms with Crippen LogP contribution < -0.4 is 5.32 Å². The summed E-state index contributed by atoms with van der Waals surface area (Å²) in [7, 11) is 0. The summed E-state index contributed by atoms with van der Waals surface area (Å²) in [6, 6.07) is 3.79. The van der Waals surface area contributed by atoms with Crippen molar-refractivity contribution in [3.05, 3.63) is 45.7 Å². The minimum atomic E-state index is -0.132. The Morgan fingerprint density at radius 1 is 1.17 bits per heavy atom. The quantitative estimate of drug-likeness (QED) is 0.788. The van der Waals surface area contributed by atoms with Crippen molar-refractivity contribution < 1.29 is 4.79 Å². The number of aromatic nitrogens is 3. The molecule has 0 aromatic carbocycles. The molecule has 0 radical (unpaired) electrons. The van der Waals surface area contributed by atoms with Crippen LogP contribution >= 0.6 is 22.7 Å². The summed E-state index contributed by atoms with van der Waals surface area (Å²) < 4.78 is 0. The number of carbonyl (C=O) groups excluding carboxylic acids is 1. The summed E-state index contributed by atoms with van der Waals surface area (Å²) in [5, 5.41) is 4.44. The van der Waals surface area contributed by atoms with E-state index >= 15 is 0 Å². The fourth-order valence-corrected chi connectivity index (χ4v) is 4.63. The average Bonchev–Trinajstić information content (AvgIpc) is 3.22. The van der Waals surface area contributed by atoms with Crippen LogP contribution in [0, 0.1) is 6.92 Å². The molecular formula is C16H14N4OS2. The Morgan fingerprint density at radius 2 is 2.00 bits per heavy atom. The van der Waals surface area contributed by atoms with Crippen LogP contribution in [0.1, 0.15) is 32.4 Å². The Labute approximate surface area is 141 Å². The van der Waals surface area contributed by atoms with Gasteiger partial charge in [-0.3, -0.25) is 15.1 Å². The van der Waals surface area contributed by atoms with Gasteiger partial charge in [0.2, 0.25) is 0 Å². The van der Waals surface area contributed by atoms with E-state index in [1.54, 1.807) is 23.7 Å². The lowest BCUT2D eigenvalue weighted by atomic mass is 10.3. The molecule has 3 heterocycles. The maximum Gasteiger partial charge on any atom is 0.269 e. The van der Waals surface area contributed by atoms with Crippen molar-refractivity contribution in [2.75, 3.05) is 5.32 Å². The lowest BCUT2D eigenvalue weighted by Gasteiger charge is -1.99. The Balaban J connectivity index is 1.57. The third-order valence-corrected chi connectivity index (χ3v) is 6.02. The van der Waals surface area contributed by atoms with Gasteiger partial charge >= 0.3 is 0 Å². The fraction of sp³-hybridized carbons (Fsp3) is 0.250. The number of thiazole rings is 2. The molecule has 0 atom stereocenters. The van der Waals surface area contributed by atoms with E-state index in [9.17, 15) is 4.79 Å². The zero-order valence-electron chi connectivity index (χ0n) is 12.5. The number of hydrogen-bond acceptors (Lipinski definition) is 6. The molecule has 1 aliphatic rings. The molecule has 1 amide bonds. The number of rotatable bonds is 3. The second-order valence-corrected chi connectivity index (χ2v) is 7.45. The standard InChI is InChI=1S/C16H14N4OS2/c1-9-13(23-15(18-9)10-5-7-17-8-6-10)14(21)20-16-19-11-3-2-4-12(11)22-16/h5-8H,2-4H2,1H3,(H,19,20,21). The number of fused-ring (bicyclic) bond motifs is 1. The minimum absolute atomic E-state index is 0.132. The van der Waals surface area contributed by atoms with Gasteiger partial charge in [0.15, 0.2) is 5.13 Å². The molecule has 116 valence electrons. The third kappa shape index (κ3) is 2.77. The second-order valence-electron chi connectivity index (χ2n) is 5.37. The van der Waals surface area contributed by atoms with E-state index in [2.05, 4.69) is 20.3 Å². The first kappa shape index (κ1) is 14.5. The van der Waals surface area contributed by atoms with E-state index in [1.807, 2.05) is 19.1 Å². The number of carbonyl (C=O) groups is 1. The lowest BCUT2D eigenvalue weighted by Crippen LogP contribution is -2.11. The number of amides is 1. The van der Waals surface area contributed by atoms with Crippen molar-refractivity contribution in [2.45, 2.75) is 26.2 Å². The number of nitrogens with one attached hydrogen (secondary N) is 1. The topological polar surface area (TPSA) is 67.8 Å². The highest BCUT2D eigenvalue weighted by atomic mass is 32.1. The van der Waals surface area contributed by atoms with E-state index in [-0.39, 0.29) is 5.91 Å². The van der Waals surface area contributed by atoms with Crippen molar-refractivity contribution >= 4 is 33.7 Å². The molecule has 0 saturated heterocycles. The molecule has 4 rings (SSSR count). The van der Waals surface area contributed by atoms with Crippen LogP contribution in [0.15, 0.2) is 24.5 Å². The van der Waals surface area contributed by atoms with Gasteiger partial charge in [-0.2, -0.15) is 0 Å². The van der Waals surface area contributed by atoms with Gasteiger partial charge in [0.05, 0.1) is 11.4 Å². The van der Waals surface area contributed by atoms with Gasteiger partial charge in [-0.25, -0.2) is 9.97 Å². The first-order chi connectivity index (χ1) is 11.2. The van der Waals surface area contributed by atoms with Crippen molar-refractivity contribution in [3.8, 4) is 10.6 Å². The van der Waals surface area contributed by atoms with Gasteiger partial charge in [-0.1, -0.05) is 0 Å². The Morgan fingerprint density at radius 3 is 2.78 bits per heavy atom. The maximum atomic E-state index is 12.5. The summed E-state index contributed by atoms with van der Waals surface area (Å²) >= 11 is 2.98. The number of pyridine rings is 1. The van der Waals surface area contributed by atoms with E-state index in [0.717, 1.165) is 34.8 Å². The monoisotopic (exact) mass is 342 g/mol. The highest BCUT2D eigenvalue weighted by Crippen LogP contribution is 2.32. The second kappa shape index (κ2) is 5.82. The normalized spacial score (nSPS) is 13.1. The Kier molecular flexibility index (Phi) is 3.66. The van der Waals surface area contributed by atoms with Crippen LogP contribution in [0.2, 0.25) is 0 Å². The molecule has 0 bridgehead atoms. The van der Waals surface area contributed by atoms with E-state index in [0.29, 0.717) is 10.0 Å². The molecule has 1 aliphatic carbocycles. The number of hydrogen-bond donors (Lipinski definition) is 1. The zero-order chi connectivity index (χ0) is 15.8. The molecule has 0 spiro atoms. The van der Waals surface area contributed by atoms with Gasteiger partial charge < -0.3 is 0 Å². The Hall–Kier alpha value is -2.12. The smallest absolute Gasteiger partial charge is 0.269 e. The van der Waals surface area contributed by atoms with Crippen LogP contribution in [-0.4, -0.2) is 20.9 Å². The lowest BCUT2D eigenvalue weighted by molar-refractivity contribution is 0.103. The summed E-state index contributed by atoms with van der Waals surface area (Å²) in [6.07, 6.45) is 6.72. The first-order valence-electron chi connectivity index (χ1n) is 7.38. The highest BCUT2D eigenvalue weighted by Gasteiger charge is 2.20. The van der Waals surface area contributed by atoms with Crippen molar-refractivity contribution in [2.24, 2.45) is 0 Å². The van der Waals surface area contributed by atoms with E-state index < -0.39 is 0 Å². The minimum Gasteiger partial charge on any atom is -0.297 e. The van der Waals surface area contributed by atoms with Crippen LogP contribution in [0.25, 0.3) is 10.6 Å². The van der Waals surface area contributed by atoms with Gasteiger partial charge in [-0.15, -0.1) is 22.7 Å². The summed E-state index contributed by atoms with van der Waals surface area (Å²) in [6.45, 7) is 1.86. The molecule has 7 heteroatoms. The highest BCUT2D eigenvalue weighted by molar-refractivity contribution is 7.18. The summed E-state index contributed by atoms with van der Waals surface area (Å²) in [5.74, 6) is -0.132. The van der Waals surface area contributed by atoms with Crippen molar-refractivity contribution in [3.63, 3.8) is 0 Å². The number of nitrogens with zero attached hydrogens (tertiary/aromatic N) is 3. The molecule has 0 aliphatic heterocycles. The largest absolute Gasteiger partial charge is 0.297 e. The molecule has 0 unspecified atom stereocenters. The summed E-state index contributed by atoms with van der Waals surface area (Å²) in [4.78, 5) is 27.5. The van der Waals surface area contributed by atoms with E-state index in [1.165, 1.54) is 22.6 Å². The predicted octanol–water partition coefficient (Wildman–Crippen LogP) is 3.71. The molecule has 23 heavy (non-hydrogen) atoms. The van der Waals surface area contributed by atoms with Crippen molar-refractivity contribution in [1.82, 2.24) is 15.0 Å². The third-order valence-electron chi connectivity index (χ3n) is 3.75. The number of anilines is 1. The van der Waals surface area contributed by atoms with Crippen LogP contribution in [-0.2, 0) is 12.8 Å². The molecular weight excluding hydrogens is 328 g/mol. The van der Waals surface area contributed by atoms with Gasteiger partial charge in [0.25, 0.3) is 5.91 Å². The van der Waals surface area contributed by atoms with Gasteiger partial charge in [0, 0.05) is 22.8 Å². The van der Waals surface area contributed by atoms with Crippen LogP contribution in [0.5, 0.6) is 0 Å². The molecule has 0 fully saturated rings. The van der Waals surface area contributed by atoms with Crippen LogP contribution in [0.4, 0.5) is 5.13 Å². The van der Waals surface area contributed by atoms with Crippen molar-refractivity contribution in [1.29, 1.82) is 0 Å².